The Morgan fingerprint density at radius 3 is 2.57 bits per heavy atom. The van der Waals surface area contributed by atoms with Gasteiger partial charge in [0.15, 0.2) is 5.13 Å². The minimum Gasteiger partial charge on any atom is -0.339 e. The molecule has 1 amide bonds. The minimum absolute atomic E-state index is 0.111. The van der Waals surface area contributed by atoms with E-state index in [0.29, 0.717) is 5.92 Å². The minimum atomic E-state index is 0.111. The van der Waals surface area contributed by atoms with E-state index in [-0.39, 0.29) is 5.91 Å². The van der Waals surface area contributed by atoms with Crippen molar-refractivity contribution in [2.24, 2.45) is 0 Å². The number of piperidine rings is 1. The number of aromatic nitrogens is 3. The maximum absolute atomic E-state index is 12.6. The van der Waals surface area contributed by atoms with E-state index in [4.69, 9.17) is 0 Å². The number of nitrogens with zero attached hydrogens (tertiary/aromatic N) is 4. The number of hydrogen-bond acceptors (Lipinski definition) is 6. The maximum Gasteiger partial charge on any atom is 0.253 e. The van der Waals surface area contributed by atoms with Crippen LogP contribution in [0.2, 0.25) is 0 Å². The molecule has 0 bridgehead atoms. The lowest BCUT2D eigenvalue weighted by molar-refractivity contribution is 0.0712. The molecule has 0 spiro atoms. The van der Waals surface area contributed by atoms with Gasteiger partial charge in [-0.05, 0) is 38.8 Å². The van der Waals surface area contributed by atoms with Crippen molar-refractivity contribution in [2.75, 3.05) is 18.4 Å². The van der Waals surface area contributed by atoms with Gasteiger partial charge in [-0.1, -0.05) is 18.2 Å². The first-order valence-corrected chi connectivity index (χ1v) is 10.3. The molecule has 1 saturated heterocycles. The summed E-state index contributed by atoms with van der Waals surface area (Å²) < 4.78 is 0. The van der Waals surface area contributed by atoms with Crippen molar-refractivity contribution in [3.63, 3.8) is 0 Å². The van der Waals surface area contributed by atoms with Crippen LogP contribution in [0.4, 0.5) is 10.9 Å². The van der Waals surface area contributed by atoms with Gasteiger partial charge in [-0.15, -0.1) is 11.3 Å². The lowest BCUT2D eigenvalue weighted by Gasteiger charge is -2.32. The quantitative estimate of drug-likeness (QED) is 0.715. The van der Waals surface area contributed by atoms with Gasteiger partial charge >= 0.3 is 0 Å². The topological polar surface area (TPSA) is 71.0 Å². The maximum atomic E-state index is 12.6. The number of hydrogen-bond donors (Lipinski definition) is 1. The van der Waals surface area contributed by atoms with Crippen LogP contribution in [-0.2, 0) is 0 Å². The Bertz CT molecular complexity index is 964. The summed E-state index contributed by atoms with van der Waals surface area (Å²) in [4.78, 5) is 29.2. The van der Waals surface area contributed by atoms with Gasteiger partial charge in [0.1, 0.15) is 11.6 Å². The molecule has 144 valence electrons. The normalized spacial score (nSPS) is 14.9. The van der Waals surface area contributed by atoms with Crippen molar-refractivity contribution in [1.82, 2.24) is 19.9 Å². The van der Waals surface area contributed by atoms with Crippen molar-refractivity contribution in [3.05, 3.63) is 64.6 Å². The van der Waals surface area contributed by atoms with E-state index in [2.05, 4.69) is 20.3 Å². The molecule has 1 aromatic carbocycles. The zero-order chi connectivity index (χ0) is 19.5. The van der Waals surface area contributed by atoms with Gasteiger partial charge < -0.3 is 10.2 Å². The molecule has 0 atom stereocenters. The lowest BCUT2D eigenvalue weighted by atomic mass is 9.92. The summed E-state index contributed by atoms with van der Waals surface area (Å²) in [6.45, 7) is 5.44. The van der Waals surface area contributed by atoms with Crippen LogP contribution in [0, 0.1) is 13.8 Å². The number of nitrogens with one attached hydrogen (secondary N) is 1. The standard InChI is InChI=1S/C21H23N5OS/c1-14-13-22-21(28-14)25-19-12-18(23-15(2)24-19)16-8-10-26(11-9-16)20(27)17-6-4-3-5-7-17/h3-7,12-13,16H,8-11H2,1-2H3,(H,22,23,24,25). The molecular weight excluding hydrogens is 370 g/mol. The summed E-state index contributed by atoms with van der Waals surface area (Å²) in [6, 6.07) is 11.5. The Kier molecular flexibility index (Phi) is 5.34. The lowest BCUT2D eigenvalue weighted by Crippen LogP contribution is -2.38. The second-order valence-corrected chi connectivity index (χ2v) is 8.29. The Morgan fingerprint density at radius 1 is 1.14 bits per heavy atom. The summed E-state index contributed by atoms with van der Waals surface area (Å²) in [5.74, 6) is 1.97. The van der Waals surface area contributed by atoms with E-state index in [1.807, 2.05) is 61.3 Å². The van der Waals surface area contributed by atoms with Gasteiger partial charge in [0.05, 0.1) is 0 Å². The number of thiazole rings is 1. The predicted octanol–water partition coefficient (Wildman–Crippen LogP) is 4.31. The number of rotatable bonds is 4. The average Bonchev–Trinajstić information content (AvgIpc) is 3.12. The molecule has 4 rings (SSSR count). The zero-order valence-corrected chi connectivity index (χ0v) is 16.9. The van der Waals surface area contributed by atoms with E-state index in [1.165, 1.54) is 0 Å². The average molecular weight is 394 g/mol. The monoisotopic (exact) mass is 393 g/mol. The largest absolute Gasteiger partial charge is 0.339 e. The fraction of sp³-hybridized carbons (Fsp3) is 0.333. The zero-order valence-electron chi connectivity index (χ0n) is 16.1. The molecule has 2 aromatic heterocycles. The molecule has 3 aromatic rings. The molecule has 0 unspecified atom stereocenters. The third-order valence-corrected chi connectivity index (χ3v) is 5.76. The Morgan fingerprint density at radius 2 is 1.89 bits per heavy atom. The van der Waals surface area contributed by atoms with Crippen molar-refractivity contribution in [2.45, 2.75) is 32.6 Å². The van der Waals surface area contributed by atoms with E-state index >= 15 is 0 Å². The molecule has 0 saturated carbocycles. The highest BCUT2D eigenvalue weighted by Crippen LogP contribution is 2.29. The van der Waals surface area contributed by atoms with Crippen LogP contribution in [0.15, 0.2) is 42.6 Å². The van der Waals surface area contributed by atoms with Crippen LogP contribution in [-0.4, -0.2) is 38.8 Å². The number of anilines is 2. The second kappa shape index (κ2) is 8.06. The first kappa shape index (κ1) is 18.6. The van der Waals surface area contributed by atoms with Gasteiger partial charge in [0.2, 0.25) is 0 Å². The summed E-state index contributed by atoms with van der Waals surface area (Å²) in [6.07, 6.45) is 3.66. The van der Waals surface area contributed by atoms with E-state index < -0.39 is 0 Å². The van der Waals surface area contributed by atoms with Crippen LogP contribution < -0.4 is 5.32 Å². The first-order chi connectivity index (χ1) is 13.6. The number of carbonyl (C=O) groups excluding carboxylic acids is 1. The summed E-state index contributed by atoms with van der Waals surface area (Å²) >= 11 is 1.60. The molecule has 6 nitrogen and oxygen atoms in total. The van der Waals surface area contributed by atoms with Crippen LogP contribution in [0.1, 0.15) is 45.5 Å². The van der Waals surface area contributed by atoms with E-state index in [0.717, 1.165) is 58.8 Å². The Labute approximate surface area is 168 Å². The molecular formula is C21H23N5OS. The highest BCUT2D eigenvalue weighted by Gasteiger charge is 2.25. The van der Waals surface area contributed by atoms with Crippen LogP contribution >= 0.6 is 11.3 Å². The van der Waals surface area contributed by atoms with Gasteiger partial charge in [-0.2, -0.15) is 0 Å². The number of carbonyl (C=O) groups is 1. The van der Waals surface area contributed by atoms with E-state index in [9.17, 15) is 4.79 Å². The Balaban J connectivity index is 1.43. The first-order valence-electron chi connectivity index (χ1n) is 9.48. The van der Waals surface area contributed by atoms with Gasteiger partial charge in [-0.3, -0.25) is 4.79 Å². The number of benzene rings is 1. The van der Waals surface area contributed by atoms with Crippen molar-refractivity contribution < 1.29 is 4.79 Å². The molecule has 1 aliphatic rings. The molecule has 1 N–H and O–H groups in total. The SMILES string of the molecule is Cc1nc(Nc2ncc(C)s2)cc(C2CCN(C(=O)c3ccccc3)CC2)n1. The fourth-order valence-corrected chi connectivity index (χ4v) is 4.20. The third-order valence-electron chi connectivity index (χ3n) is 4.94. The molecule has 7 heteroatoms. The number of likely N-dealkylation sites (tertiary alicyclic amines) is 1. The summed E-state index contributed by atoms with van der Waals surface area (Å²) in [7, 11) is 0. The number of amides is 1. The summed E-state index contributed by atoms with van der Waals surface area (Å²) in [5.41, 5.74) is 1.79. The van der Waals surface area contributed by atoms with Crippen molar-refractivity contribution >= 4 is 28.2 Å². The number of aryl methyl sites for hydroxylation is 2. The molecule has 3 heterocycles. The highest BCUT2D eigenvalue weighted by molar-refractivity contribution is 7.15. The molecule has 28 heavy (non-hydrogen) atoms. The van der Waals surface area contributed by atoms with E-state index in [1.54, 1.807) is 11.3 Å². The van der Waals surface area contributed by atoms with Gasteiger partial charge in [0, 0.05) is 47.4 Å². The van der Waals surface area contributed by atoms with Crippen molar-refractivity contribution in [1.29, 1.82) is 0 Å². The molecule has 0 aliphatic carbocycles. The Hall–Kier alpha value is -2.80. The second-order valence-electron chi connectivity index (χ2n) is 7.06. The smallest absolute Gasteiger partial charge is 0.253 e. The fourth-order valence-electron chi connectivity index (χ4n) is 3.53. The summed E-state index contributed by atoms with van der Waals surface area (Å²) in [5, 5.41) is 4.12. The van der Waals surface area contributed by atoms with Crippen LogP contribution in [0.5, 0.6) is 0 Å². The van der Waals surface area contributed by atoms with Gasteiger partial charge in [0.25, 0.3) is 5.91 Å². The van der Waals surface area contributed by atoms with Gasteiger partial charge in [-0.25, -0.2) is 15.0 Å². The molecule has 0 radical (unpaired) electrons. The van der Waals surface area contributed by atoms with Crippen molar-refractivity contribution in [3.8, 4) is 0 Å². The third kappa shape index (κ3) is 4.20. The predicted molar refractivity (Wildman–Crippen MR) is 111 cm³/mol. The molecule has 1 fully saturated rings. The van der Waals surface area contributed by atoms with Crippen LogP contribution in [0.3, 0.4) is 0 Å². The molecule has 1 aliphatic heterocycles. The van der Waals surface area contributed by atoms with Crippen LogP contribution in [0.25, 0.3) is 0 Å². The highest BCUT2D eigenvalue weighted by atomic mass is 32.1.